The normalized spacial score (nSPS) is 11.0. The van der Waals surface area contributed by atoms with Gasteiger partial charge < -0.3 is 33.9 Å². The van der Waals surface area contributed by atoms with E-state index in [1.54, 1.807) is 48.5 Å². The molecule has 0 aliphatic rings. The van der Waals surface area contributed by atoms with Crippen LogP contribution in [0.1, 0.15) is 27.8 Å². The molecule has 0 aliphatic heterocycles. The number of halogens is 14. The van der Waals surface area contributed by atoms with Gasteiger partial charge in [-0.2, -0.15) is 0 Å². The first-order valence-electron chi connectivity index (χ1n) is 40.4. The van der Waals surface area contributed by atoms with Crippen molar-refractivity contribution in [1.29, 1.82) is 0 Å². The highest BCUT2D eigenvalue weighted by atomic mass is 127. The standard InChI is InChI=1S/C32H24I3O2S.2C25H16F2I2O2S.C25H18I3OS/c33-25-5-1-23(2-6-25)21-36-28-11-17-31(18-12-28)38(30-15-9-27(35)10-16-30)32-19-13-29(14-20-32)37-22-24-3-7-26(34)8-4-24;26-17-1-7-21(8-2-17)32(22-9-3-18(27)4-10-22)23-11-5-20(6-12-23)31-15-16-13-19(28)14-24(29)25(16)30;26-17-1-7-20(8-2-17)32(21-9-3-18(27)4-10-21)22-11-5-19(6-12-22)31-15-16-13-23(28)25(30)24(29)14-16;26-19-3-1-18(2-4-19)17-29-22-9-15-25(16-10-22)30(23-11-5-20(27)6-12-23)24-13-7-21(28)8-14-24/h1-20H,21-22H2;2*1-14H,15H2;1-16H,17H2/q+1;;;+1/p+2. The zero-order valence-corrected chi connectivity index (χ0v) is 94.2. The lowest BCUT2D eigenvalue weighted by atomic mass is 10.2. The van der Waals surface area contributed by atoms with Crippen molar-refractivity contribution >= 4 is 269 Å². The van der Waals surface area contributed by atoms with E-state index in [0.717, 1.165) is 83.2 Å². The molecule has 25 heteroatoms. The lowest BCUT2D eigenvalue weighted by Gasteiger charge is -2.11. The average Bonchev–Trinajstić information content (AvgIpc) is 0.817. The predicted molar refractivity (Wildman–Crippen MR) is 610 cm³/mol. The van der Waals surface area contributed by atoms with Crippen molar-refractivity contribution in [3.8, 4) is 40.2 Å². The van der Waals surface area contributed by atoms with E-state index in [1.165, 1.54) is 105 Å². The van der Waals surface area contributed by atoms with Gasteiger partial charge in [-0.1, -0.05) is 36.4 Å². The van der Waals surface area contributed by atoms with Crippen LogP contribution in [0.25, 0.3) is 0 Å². The van der Waals surface area contributed by atoms with Gasteiger partial charge in [0.25, 0.3) is 0 Å². The number of benzene rings is 17. The fraction of sp³-hybridized carbons (Fsp3) is 0.0467. The van der Waals surface area contributed by atoms with Crippen LogP contribution in [0.5, 0.6) is 40.2 Å². The molecule has 0 fully saturated rings. The summed E-state index contributed by atoms with van der Waals surface area (Å²) in [4.78, 5) is 13.5. The maximum Gasteiger partial charge on any atom is 0.166 e. The Labute approximate surface area is 914 Å². The number of hydrogen-bond donors (Lipinski definition) is 2. The first kappa shape index (κ1) is 102. The van der Waals surface area contributed by atoms with Crippen molar-refractivity contribution < 1.29 is 51.5 Å². The minimum absolute atomic E-state index is 0.145. The molecule has 664 valence electrons. The fourth-order valence-electron chi connectivity index (χ4n) is 13.0. The smallest absolute Gasteiger partial charge is 0.166 e. The summed E-state index contributed by atoms with van der Waals surface area (Å²) in [5.74, 6) is 3.36. The molecule has 132 heavy (non-hydrogen) atoms. The molecular weight excluding hydrogens is 2870 g/mol. The van der Waals surface area contributed by atoms with E-state index in [2.05, 4.69) is 444 Å². The number of phenols is 2. The molecule has 0 atom stereocenters. The summed E-state index contributed by atoms with van der Waals surface area (Å²) in [6.45, 7) is 2.33. The highest BCUT2D eigenvalue weighted by Crippen LogP contribution is 2.40. The second kappa shape index (κ2) is 50.9. The van der Waals surface area contributed by atoms with Gasteiger partial charge in [-0.3, -0.25) is 0 Å². The van der Waals surface area contributed by atoms with Crippen LogP contribution >= 0.6 is 226 Å². The molecule has 0 radical (unpaired) electrons. The second-order valence-electron chi connectivity index (χ2n) is 28.9. The summed E-state index contributed by atoms with van der Waals surface area (Å²) in [7, 11) is -1.41. The Morgan fingerprint density at radius 2 is 0.356 bits per heavy atom. The number of ether oxygens (including phenoxy) is 5. The van der Waals surface area contributed by atoms with Gasteiger partial charge in [-0.25, -0.2) is 17.6 Å². The summed E-state index contributed by atoms with van der Waals surface area (Å²) in [6.07, 6.45) is 0. The van der Waals surface area contributed by atoms with E-state index in [0.29, 0.717) is 37.9 Å². The van der Waals surface area contributed by atoms with Crippen LogP contribution in [0.15, 0.2) is 447 Å². The van der Waals surface area contributed by atoms with E-state index in [1.807, 2.05) is 72.8 Å². The van der Waals surface area contributed by atoms with Gasteiger partial charge in [-0.15, -0.1) is 0 Å². The Morgan fingerprint density at radius 3 is 0.576 bits per heavy atom. The molecule has 2 N–H and O–H groups in total. The summed E-state index contributed by atoms with van der Waals surface area (Å²) in [5.41, 5.74) is 5.20. The summed E-state index contributed by atoms with van der Waals surface area (Å²) >= 11 is 22.5. The zero-order chi connectivity index (χ0) is 92.6. The number of phenolic OH excluding ortho intramolecular Hbond substituents is 2. The second-order valence-corrected chi connectivity index (χ2v) is 49.2. The molecule has 0 saturated carbocycles. The lowest BCUT2D eigenvalue weighted by molar-refractivity contribution is 0.298. The number of aromatic hydroxyl groups is 2. The maximum atomic E-state index is 13.5. The lowest BCUT2D eigenvalue weighted by Crippen LogP contribution is -2.05. The molecule has 0 spiro atoms. The molecule has 0 aliphatic carbocycles. The van der Waals surface area contributed by atoms with Crippen molar-refractivity contribution in [2.75, 3.05) is 0 Å². The third kappa shape index (κ3) is 30.1. The van der Waals surface area contributed by atoms with Crippen molar-refractivity contribution in [3.63, 3.8) is 0 Å². The quantitative estimate of drug-likeness (QED) is 0.0301. The van der Waals surface area contributed by atoms with E-state index in [9.17, 15) is 27.8 Å². The van der Waals surface area contributed by atoms with Gasteiger partial charge in [-0.05, 0) is 600 Å². The van der Waals surface area contributed by atoms with Gasteiger partial charge in [0.2, 0.25) is 0 Å². The van der Waals surface area contributed by atoms with Crippen LogP contribution in [0.4, 0.5) is 17.6 Å². The summed E-state index contributed by atoms with van der Waals surface area (Å²) in [5, 5.41) is 20.2. The molecule has 17 aromatic rings. The molecule has 7 nitrogen and oxygen atoms in total. The molecule has 0 saturated heterocycles. The molecule has 0 amide bonds. The molecule has 17 rings (SSSR count). The van der Waals surface area contributed by atoms with E-state index in [4.69, 9.17) is 23.7 Å². The highest BCUT2D eigenvalue weighted by Gasteiger charge is 2.34. The Balaban J connectivity index is 0.000000142. The van der Waals surface area contributed by atoms with Gasteiger partial charge >= 0.3 is 0 Å². The molecular formula is C107H76F4I10O7S4+4. The minimum atomic E-state index is -0.520. The van der Waals surface area contributed by atoms with E-state index < -0.39 is 21.8 Å². The third-order valence-electron chi connectivity index (χ3n) is 19.6. The van der Waals surface area contributed by atoms with Gasteiger partial charge in [0.15, 0.2) is 58.7 Å². The Hall–Kier alpha value is -6.24. The Kier molecular flexibility index (Phi) is 39.2. The van der Waals surface area contributed by atoms with Crippen molar-refractivity contribution in [2.45, 2.75) is 91.8 Å². The highest BCUT2D eigenvalue weighted by molar-refractivity contribution is 14.1. The molecule has 0 bridgehead atoms. The molecule has 0 unspecified atom stereocenters. The molecule has 17 aromatic carbocycles. The first-order chi connectivity index (χ1) is 63.9. The predicted octanol–water partition coefficient (Wildman–Crippen LogP) is 33.0. The fourth-order valence-corrected chi connectivity index (χ4v) is 27.2. The molecule has 0 aromatic heterocycles. The van der Waals surface area contributed by atoms with E-state index >= 15 is 0 Å². The largest absolute Gasteiger partial charge is 0.506 e. The van der Waals surface area contributed by atoms with Crippen LogP contribution in [-0.4, -0.2) is 10.2 Å². The van der Waals surface area contributed by atoms with Crippen LogP contribution in [0.2, 0.25) is 0 Å². The van der Waals surface area contributed by atoms with Crippen molar-refractivity contribution in [3.05, 3.63) is 475 Å². The SMILES string of the molecule is Ic1ccc(COc2ccc([S+](c3ccc(I)cc3)c3ccc(I)cc3)cc2)cc1.Ic1ccc(COc2ccc([S+](c3ccc(I)cc3)c3ccc(OCc4ccc(I)cc4)cc3)cc2)cc1.Oc1c(I)cc(COc2ccc([S+](c3ccc(F)cc3)c3ccc(F)cc3)cc2)cc1I.Oc1c(I)cc(I)cc1COc1ccc([S+](c2ccc(F)cc2)c2ccc(F)cc2)cc1. The summed E-state index contributed by atoms with van der Waals surface area (Å²) < 4.78 is 94.7. The molecule has 0 heterocycles. The average molecular weight is 2950 g/mol. The van der Waals surface area contributed by atoms with Crippen molar-refractivity contribution in [1.82, 2.24) is 0 Å². The topological polar surface area (TPSA) is 86.6 Å². The van der Waals surface area contributed by atoms with Crippen LogP contribution < -0.4 is 23.7 Å². The zero-order valence-electron chi connectivity index (χ0n) is 69.3. The van der Waals surface area contributed by atoms with Crippen LogP contribution in [-0.2, 0) is 76.6 Å². The van der Waals surface area contributed by atoms with E-state index in [-0.39, 0.29) is 63.2 Å². The van der Waals surface area contributed by atoms with Crippen LogP contribution in [0.3, 0.4) is 0 Å². The van der Waals surface area contributed by atoms with Gasteiger partial charge in [0.05, 0.1) is 54.3 Å². The Bertz CT molecular complexity index is 6340. The van der Waals surface area contributed by atoms with Gasteiger partial charge in [0, 0.05) is 30.6 Å². The van der Waals surface area contributed by atoms with Crippen molar-refractivity contribution in [2.24, 2.45) is 0 Å². The minimum Gasteiger partial charge on any atom is -0.506 e. The monoisotopic (exact) mass is 2950 g/mol. The third-order valence-corrected chi connectivity index (χ3v) is 35.9. The Morgan fingerprint density at radius 1 is 0.182 bits per heavy atom. The van der Waals surface area contributed by atoms with Crippen LogP contribution in [0, 0.1) is 59.0 Å². The first-order valence-corrected chi connectivity index (χ1v) is 56.1. The number of hydrogen-bond acceptors (Lipinski definition) is 7. The van der Waals surface area contributed by atoms with Gasteiger partial charge in [0.1, 0.15) is 96.5 Å². The number of rotatable bonds is 27. The summed E-state index contributed by atoms with van der Waals surface area (Å²) in [6, 6.07) is 126. The maximum absolute atomic E-state index is 13.5.